The SMILES string of the molecule is CCCC1CCC(CCc2ccc(OC(=O)CC)c(F)c2F)CC1. The Kier molecular flexibility index (Phi) is 7.19. The van der Waals surface area contributed by atoms with Crippen LogP contribution in [0.2, 0.25) is 0 Å². The first-order valence-corrected chi connectivity index (χ1v) is 9.22. The lowest BCUT2D eigenvalue weighted by molar-refractivity contribution is -0.134. The van der Waals surface area contributed by atoms with Crippen LogP contribution in [0.1, 0.15) is 70.8 Å². The lowest BCUT2D eigenvalue weighted by Gasteiger charge is -2.28. The fraction of sp³-hybridized carbons (Fsp3) is 0.650. The van der Waals surface area contributed by atoms with Crippen molar-refractivity contribution in [3.63, 3.8) is 0 Å². The Morgan fingerprint density at radius 3 is 2.25 bits per heavy atom. The van der Waals surface area contributed by atoms with Crippen molar-refractivity contribution in [2.45, 2.75) is 71.6 Å². The fourth-order valence-electron chi connectivity index (χ4n) is 3.62. The molecule has 24 heavy (non-hydrogen) atoms. The molecule has 4 heteroatoms. The highest BCUT2D eigenvalue weighted by atomic mass is 19.2. The number of benzene rings is 1. The second-order valence-electron chi connectivity index (χ2n) is 6.89. The van der Waals surface area contributed by atoms with Crippen LogP contribution in [0.5, 0.6) is 5.75 Å². The molecular formula is C20H28F2O2. The summed E-state index contributed by atoms with van der Waals surface area (Å²) < 4.78 is 33.0. The maximum atomic E-state index is 14.2. The normalized spacial score (nSPS) is 20.8. The van der Waals surface area contributed by atoms with Gasteiger partial charge in [0.15, 0.2) is 11.6 Å². The van der Waals surface area contributed by atoms with Crippen LogP contribution in [-0.2, 0) is 11.2 Å². The molecule has 2 rings (SSSR count). The molecule has 1 aromatic carbocycles. The van der Waals surface area contributed by atoms with Crippen LogP contribution in [0.25, 0.3) is 0 Å². The molecule has 0 unspecified atom stereocenters. The Morgan fingerprint density at radius 1 is 1.04 bits per heavy atom. The average Bonchev–Trinajstić information content (AvgIpc) is 2.59. The van der Waals surface area contributed by atoms with Gasteiger partial charge in [-0.1, -0.05) is 58.4 Å². The minimum Gasteiger partial charge on any atom is -0.423 e. The number of aryl methyl sites for hydroxylation is 1. The molecule has 134 valence electrons. The van der Waals surface area contributed by atoms with Crippen LogP contribution in [0, 0.1) is 23.5 Å². The highest BCUT2D eigenvalue weighted by Crippen LogP contribution is 2.34. The fourth-order valence-corrected chi connectivity index (χ4v) is 3.62. The molecule has 0 spiro atoms. The summed E-state index contributed by atoms with van der Waals surface area (Å²) in [6.45, 7) is 3.84. The lowest BCUT2D eigenvalue weighted by Crippen LogP contribution is -2.15. The van der Waals surface area contributed by atoms with Gasteiger partial charge in [0.2, 0.25) is 5.82 Å². The number of rotatable bonds is 7. The smallest absolute Gasteiger partial charge is 0.311 e. The van der Waals surface area contributed by atoms with E-state index in [0.29, 0.717) is 17.9 Å². The third-order valence-electron chi connectivity index (χ3n) is 5.12. The Hall–Kier alpha value is -1.45. The van der Waals surface area contributed by atoms with E-state index in [1.54, 1.807) is 13.0 Å². The average molecular weight is 338 g/mol. The van der Waals surface area contributed by atoms with E-state index in [4.69, 9.17) is 4.74 Å². The van der Waals surface area contributed by atoms with Crippen molar-refractivity contribution in [3.8, 4) is 5.75 Å². The van der Waals surface area contributed by atoms with Gasteiger partial charge in [0, 0.05) is 6.42 Å². The molecule has 1 aliphatic rings. The summed E-state index contributed by atoms with van der Waals surface area (Å²) in [5, 5.41) is 0. The third kappa shape index (κ3) is 5.02. The van der Waals surface area contributed by atoms with Crippen molar-refractivity contribution in [2.24, 2.45) is 11.8 Å². The number of ether oxygens (including phenoxy) is 1. The van der Waals surface area contributed by atoms with Crippen molar-refractivity contribution < 1.29 is 18.3 Å². The van der Waals surface area contributed by atoms with Gasteiger partial charge in [0.1, 0.15) is 0 Å². The predicted molar refractivity (Wildman–Crippen MR) is 91.0 cm³/mol. The Morgan fingerprint density at radius 2 is 1.67 bits per heavy atom. The Balaban J connectivity index is 1.89. The molecule has 0 N–H and O–H groups in total. The minimum atomic E-state index is -1.05. The summed E-state index contributed by atoms with van der Waals surface area (Å²) in [5.74, 6) is -1.35. The summed E-state index contributed by atoms with van der Waals surface area (Å²) in [4.78, 5) is 11.2. The van der Waals surface area contributed by atoms with Crippen LogP contribution < -0.4 is 4.74 Å². The van der Waals surface area contributed by atoms with Crippen molar-refractivity contribution in [2.75, 3.05) is 0 Å². The molecule has 0 aromatic heterocycles. The molecule has 1 aromatic rings. The monoisotopic (exact) mass is 338 g/mol. The first-order valence-electron chi connectivity index (χ1n) is 9.22. The van der Waals surface area contributed by atoms with Gasteiger partial charge < -0.3 is 4.74 Å². The molecule has 0 radical (unpaired) electrons. The summed E-state index contributed by atoms with van der Waals surface area (Å²) in [5.41, 5.74) is 0.375. The van der Waals surface area contributed by atoms with Crippen LogP contribution in [0.15, 0.2) is 12.1 Å². The Labute approximate surface area is 143 Å². The number of halogens is 2. The molecule has 0 heterocycles. The molecule has 0 atom stereocenters. The van der Waals surface area contributed by atoms with Crippen LogP contribution in [0.4, 0.5) is 8.78 Å². The summed E-state index contributed by atoms with van der Waals surface area (Å²) in [6, 6.07) is 2.90. The Bertz CT molecular complexity index is 549. The molecule has 1 saturated carbocycles. The van der Waals surface area contributed by atoms with Gasteiger partial charge in [0.05, 0.1) is 0 Å². The quantitative estimate of drug-likeness (QED) is 0.462. The molecule has 0 amide bonds. The number of hydrogen-bond donors (Lipinski definition) is 0. The minimum absolute atomic E-state index is 0.128. The standard InChI is InChI=1S/C20H28F2O2/c1-3-5-14-6-8-15(9-7-14)10-11-16-12-13-17(20(22)19(16)21)24-18(23)4-2/h12-15H,3-11H2,1-2H3. The highest BCUT2D eigenvalue weighted by Gasteiger charge is 2.22. The van der Waals surface area contributed by atoms with Gasteiger partial charge >= 0.3 is 5.97 Å². The summed E-state index contributed by atoms with van der Waals surface area (Å²) in [7, 11) is 0. The van der Waals surface area contributed by atoms with Gasteiger partial charge in [-0.25, -0.2) is 4.39 Å². The second kappa shape index (κ2) is 9.14. The molecule has 1 fully saturated rings. The van der Waals surface area contributed by atoms with E-state index in [2.05, 4.69) is 6.92 Å². The molecule has 0 aliphatic heterocycles. The van der Waals surface area contributed by atoms with Gasteiger partial charge in [-0.15, -0.1) is 0 Å². The van der Waals surface area contributed by atoms with E-state index < -0.39 is 17.6 Å². The predicted octanol–water partition coefficient (Wildman–Crippen LogP) is 5.82. The zero-order chi connectivity index (χ0) is 17.5. The molecular weight excluding hydrogens is 310 g/mol. The van der Waals surface area contributed by atoms with E-state index in [9.17, 15) is 13.6 Å². The second-order valence-corrected chi connectivity index (χ2v) is 6.89. The van der Waals surface area contributed by atoms with Gasteiger partial charge in [-0.05, 0) is 36.3 Å². The molecule has 1 aliphatic carbocycles. The van der Waals surface area contributed by atoms with Crippen LogP contribution in [0.3, 0.4) is 0 Å². The van der Waals surface area contributed by atoms with E-state index >= 15 is 0 Å². The maximum absolute atomic E-state index is 14.2. The number of carbonyl (C=O) groups is 1. The van der Waals surface area contributed by atoms with Crippen molar-refractivity contribution >= 4 is 5.97 Å². The third-order valence-corrected chi connectivity index (χ3v) is 5.12. The van der Waals surface area contributed by atoms with Crippen molar-refractivity contribution in [1.82, 2.24) is 0 Å². The zero-order valence-corrected chi connectivity index (χ0v) is 14.7. The first-order chi connectivity index (χ1) is 11.5. The first kappa shape index (κ1) is 18.9. The zero-order valence-electron chi connectivity index (χ0n) is 14.7. The topological polar surface area (TPSA) is 26.3 Å². The highest BCUT2D eigenvalue weighted by molar-refractivity contribution is 5.72. The van der Waals surface area contributed by atoms with E-state index in [0.717, 1.165) is 12.3 Å². The van der Waals surface area contributed by atoms with Crippen molar-refractivity contribution in [1.29, 1.82) is 0 Å². The number of hydrogen-bond acceptors (Lipinski definition) is 2. The maximum Gasteiger partial charge on any atom is 0.311 e. The molecule has 0 bridgehead atoms. The van der Waals surface area contributed by atoms with Crippen molar-refractivity contribution in [3.05, 3.63) is 29.3 Å². The number of esters is 1. The molecule has 2 nitrogen and oxygen atoms in total. The van der Waals surface area contributed by atoms with Gasteiger partial charge in [-0.2, -0.15) is 4.39 Å². The van der Waals surface area contributed by atoms with E-state index in [1.807, 2.05) is 0 Å². The van der Waals surface area contributed by atoms with Crippen LogP contribution >= 0.6 is 0 Å². The number of carbonyl (C=O) groups excluding carboxylic acids is 1. The van der Waals surface area contributed by atoms with Crippen LogP contribution in [-0.4, -0.2) is 5.97 Å². The molecule has 0 saturated heterocycles. The largest absolute Gasteiger partial charge is 0.423 e. The lowest BCUT2D eigenvalue weighted by atomic mass is 9.78. The summed E-state index contributed by atoms with van der Waals surface area (Å²) in [6.07, 6.45) is 9.03. The summed E-state index contributed by atoms with van der Waals surface area (Å²) >= 11 is 0. The van der Waals surface area contributed by atoms with Gasteiger partial charge in [0.25, 0.3) is 0 Å². The van der Waals surface area contributed by atoms with E-state index in [-0.39, 0.29) is 12.2 Å². The van der Waals surface area contributed by atoms with Gasteiger partial charge in [-0.3, -0.25) is 4.79 Å². The van der Waals surface area contributed by atoms with E-state index in [1.165, 1.54) is 44.6 Å².